The summed E-state index contributed by atoms with van der Waals surface area (Å²) >= 11 is 0. The average Bonchev–Trinajstić information content (AvgIpc) is 2.69. The van der Waals surface area contributed by atoms with Crippen LogP contribution in [0.2, 0.25) is 0 Å². The van der Waals surface area contributed by atoms with Crippen LogP contribution in [-0.2, 0) is 17.7 Å². The van der Waals surface area contributed by atoms with Gasteiger partial charge in [0, 0.05) is 37.7 Å². The van der Waals surface area contributed by atoms with Crippen molar-refractivity contribution in [1.82, 2.24) is 15.6 Å². The van der Waals surface area contributed by atoms with Crippen LogP contribution in [0, 0.1) is 13.8 Å². The first kappa shape index (κ1) is 21.7. The van der Waals surface area contributed by atoms with Crippen molar-refractivity contribution in [2.45, 2.75) is 33.7 Å². The van der Waals surface area contributed by atoms with Gasteiger partial charge in [-0.05, 0) is 50.5 Å². The highest BCUT2D eigenvalue weighted by Crippen LogP contribution is 2.21. The molecule has 0 unspecified atom stereocenters. The number of nitrogens with one attached hydrogen (secondary N) is 2. The Bertz CT molecular complexity index is 745. The summed E-state index contributed by atoms with van der Waals surface area (Å²) in [5.74, 6) is 1.66. The van der Waals surface area contributed by atoms with Crippen LogP contribution in [0.5, 0.6) is 5.75 Å². The van der Waals surface area contributed by atoms with Crippen molar-refractivity contribution in [2.24, 2.45) is 4.99 Å². The van der Waals surface area contributed by atoms with Crippen LogP contribution in [0.25, 0.3) is 0 Å². The third-order valence-electron chi connectivity index (χ3n) is 4.20. The predicted octanol–water partition coefficient (Wildman–Crippen LogP) is 3.02. The smallest absolute Gasteiger partial charge is 0.191 e. The molecule has 2 aromatic rings. The van der Waals surface area contributed by atoms with Gasteiger partial charge >= 0.3 is 0 Å². The van der Waals surface area contributed by atoms with E-state index >= 15 is 0 Å². The highest BCUT2D eigenvalue weighted by molar-refractivity contribution is 5.79. The molecule has 1 heterocycles. The molecule has 1 aromatic heterocycles. The maximum absolute atomic E-state index is 5.86. The Kier molecular flexibility index (Phi) is 9.28. The SMILES string of the molecule is CCNC(=NCc1ccc(C)cc1OCCOC)NCCc1ccc(C)nc1. The zero-order valence-electron chi connectivity index (χ0n) is 17.4. The number of aliphatic imine (C=N–C) groups is 1. The first-order chi connectivity index (χ1) is 13.6. The van der Waals surface area contributed by atoms with E-state index in [-0.39, 0.29) is 0 Å². The lowest BCUT2D eigenvalue weighted by Crippen LogP contribution is -2.38. The minimum Gasteiger partial charge on any atom is -0.491 e. The van der Waals surface area contributed by atoms with E-state index in [4.69, 9.17) is 14.5 Å². The fraction of sp³-hybridized carbons (Fsp3) is 0.455. The third kappa shape index (κ3) is 7.56. The van der Waals surface area contributed by atoms with Crippen molar-refractivity contribution in [1.29, 1.82) is 0 Å². The standard InChI is InChI=1S/C22H32N4O2/c1-5-23-22(24-11-10-19-8-7-18(3)25-15-19)26-16-20-9-6-17(2)14-21(20)28-13-12-27-4/h6-9,14-15H,5,10-13,16H2,1-4H3,(H2,23,24,26). The van der Waals surface area contributed by atoms with Gasteiger partial charge in [0.15, 0.2) is 5.96 Å². The lowest BCUT2D eigenvalue weighted by atomic mass is 10.1. The van der Waals surface area contributed by atoms with Gasteiger partial charge in [-0.15, -0.1) is 0 Å². The van der Waals surface area contributed by atoms with Gasteiger partial charge in [-0.1, -0.05) is 18.2 Å². The van der Waals surface area contributed by atoms with E-state index in [2.05, 4.69) is 47.7 Å². The fourth-order valence-corrected chi connectivity index (χ4v) is 2.64. The van der Waals surface area contributed by atoms with Crippen LogP contribution in [-0.4, -0.2) is 44.4 Å². The van der Waals surface area contributed by atoms with Crippen molar-refractivity contribution >= 4 is 5.96 Å². The van der Waals surface area contributed by atoms with Crippen LogP contribution in [0.1, 0.15) is 29.3 Å². The Morgan fingerprint density at radius 2 is 1.96 bits per heavy atom. The maximum atomic E-state index is 5.86. The molecule has 0 amide bonds. The number of rotatable bonds is 10. The predicted molar refractivity (Wildman–Crippen MR) is 114 cm³/mol. The fourth-order valence-electron chi connectivity index (χ4n) is 2.64. The van der Waals surface area contributed by atoms with Gasteiger partial charge in [0.1, 0.15) is 12.4 Å². The maximum Gasteiger partial charge on any atom is 0.191 e. The van der Waals surface area contributed by atoms with Gasteiger partial charge in [0.2, 0.25) is 0 Å². The van der Waals surface area contributed by atoms with Gasteiger partial charge < -0.3 is 20.1 Å². The van der Waals surface area contributed by atoms with Crippen LogP contribution < -0.4 is 15.4 Å². The van der Waals surface area contributed by atoms with Crippen molar-refractivity contribution in [3.8, 4) is 5.75 Å². The van der Waals surface area contributed by atoms with Gasteiger partial charge in [0.05, 0.1) is 13.2 Å². The number of benzene rings is 1. The zero-order chi connectivity index (χ0) is 20.2. The minimum absolute atomic E-state index is 0.527. The van der Waals surface area contributed by atoms with Crippen LogP contribution >= 0.6 is 0 Å². The molecule has 2 rings (SSSR count). The van der Waals surface area contributed by atoms with Crippen molar-refractivity contribution in [2.75, 3.05) is 33.4 Å². The molecule has 6 heteroatoms. The molecule has 0 bridgehead atoms. The highest BCUT2D eigenvalue weighted by Gasteiger charge is 2.05. The lowest BCUT2D eigenvalue weighted by molar-refractivity contribution is 0.145. The Morgan fingerprint density at radius 3 is 2.68 bits per heavy atom. The van der Waals surface area contributed by atoms with Crippen LogP contribution in [0.4, 0.5) is 0 Å². The second-order valence-electron chi connectivity index (χ2n) is 6.63. The molecule has 0 radical (unpaired) electrons. The Morgan fingerprint density at radius 1 is 1.11 bits per heavy atom. The number of aryl methyl sites for hydroxylation is 2. The molecule has 0 atom stereocenters. The highest BCUT2D eigenvalue weighted by atomic mass is 16.5. The van der Waals surface area contributed by atoms with E-state index in [0.29, 0.717) is 19.8 Å². The lowest BCUT2D eigenvalue weighted by Gasteiger charge is -2.13. The normalized spacial score (nSPS) is 11.4. The summed E-state index contributed by atoms with van der Waals surface area (Å²) < 4.78 is 10.9. The Hall–Kier alpha value is -2.60. The molecular weight excluding hydrogens is 352 g/mol. The molecule has 28 heavy (non-hydrogen) atoms. The summed E-state index contributed by atoms with van der Waals surface area (Å²) in [6.07, 6.45) is 2.82. The summed E-state index contributed by atoms with van der Waals surface area (Å²) in [7, 11) is 1.67. The number of hydrogen-bond donors (Lipinski definition) is 2. The van der Waals surface area contributed by atoms with Gasteiger partial charge in [-0.25, -0.2) is 4.99 Å². The molecule has 0 aliphatic heterocycles. The van der Waals surface area contributed by atoms with E-state index in [1.807, 2.05) is 25.3 Å². The number of methoxy groups -OCH3 is 1. The van der Waals surface area contributed by atoms with Gasteiger partial charge in [-0.3, -0.25) is 4.98 Å². The molecule has 0 fully saturated rings. The molecule has 0 saturated heterocycles. The Balaban J connectivity index is 1.96. The summed E-state index contributed by atoms with van der Waals surface area (Å²) in [5.41, 5.74) is 4.47. The van der Waals surface area contributed by atoms with Crippen LogP contribution in [0.3, 0.4) is 0 Å². The molecule has 0 aliphatic carbocycles. The van der Waals surface area contributed by atoms with Gasteiger partial charge in [0.25, 0.3) is 0 Å². The average molecular weight is 385 g/mol. The monoisotopic (exact) mass is 384 g/mol. The molecule has 2 N–H and O–H groups in total. The first-order valence-corrected chi connectivity index (χ1v) is 9.77. The number of ether oxygens (including phenoxy) is 2. The molecule has 1 aromatic carbocycles. The summed E-state index contributed by atoms with van der Waals surface area (Å²) in [6.45, 7) is 9.35. The van der Waals surface area contributed by atoms with Crippen molar-refractivity contribution in [3.05, 3.63) is 58.9 Å². The largest absolute Gasteiger partial charge is 0.491 e. The quantitative estimate of drug-likeness (QED) is 0.374. The zero-order valence-corrected chi connectivity index (χ0v) is 17.4. The molecule has 152 valence electrons. The summed E-state index contributed by atoms with van der Waals surface area (Å²) in [4.78, 5) is 9.06. The molecule has 6 nitrogen and oxygen atoms in total. The first-order valence-electron chi connectivity index (χ1n) is 9.77. The number of aromatic nitrogens is 1. The number of pyridine rings is 1. The van der Waals surface area contributed by atoms with E-state index < -0.39 is 0 Å². The molecule has 0 saturated carbocycles. The summed E-state index contributed by atoms with van der Waals surface area (Å²) in [6, 6.07) is 10.4. The van der Waals surface area contributed by atoms with Crippen molar-refractivity contribution in [3.63, 3.8) is 0 Å². The van der Waals surface area contributed by atoms with E-state index in [1.165, 1.54) is 5.56 Å². The molecule has 0 aliphatic rings. The minimum atomic E-state index is 0.527. The number of nitrogens with zero attached hydrogens (tertiary/aromatic N) is 2. The van der Waals surface area contributed by atoms with E-state index in [0.717, 1.165) is 48.0 Å². The summed E-state index contributed by atoms with van der Waals surface area (Å²) in [5, 5.41) is 6.68. The molecule has 0 spiro atoms. The molecular formula is C22H32N4O2. The van der Waals surface area contributed by atoms with Crippen molar-refractivity contribution < 1.29 is 9.47 Å². The second kappa shape index (κ2) is 12.0. The van der Waals surface area contributed by atoms with E-state index in [9.17, 15) is 0 Å². The topological polar surface area (TPSA) is 67.8 Å². The number of hydrogen-bond acceptors (Lipinski definition) is 4. The van der Waals surface area contributed by atoms with Gasteiger partial charge in [-0.2, -0.15) is 0 Å². The van der Waals surface area contributed by atoms with Crippen LogP contribution in [0.15, 0.2) is 41.5 Å². The Labute approximate surface area is 168 Å². The van der Waals surface area contributed by atoms with E-state index in [1.54, 1.807) is 7.11 Å². The second-order valence-corrected chi connectivity index (χ2v) is 6.63. The third-order valence-corrected chi connectivity index (χ3v) is 4.20. The number of guanidine groups is 1.